The maximum atomic E-state index is 14.9. The number of hydrogen-bond acceptors (Lipinski definition) is 4. The maximum Gasteiger partial charge on any atom is 0.132 e. The zero-order valence-corrected chi connectivity index (χ0v) is 18.2. The molecule has 0 amide bonds. The molecule has 0 atom stereocenters. The van der Waals surface area contributed by atoms with E-state index in [0.717, 1.165) is 60.9 Å². The van der Waals surface area contributed by atoms with E-state index in [1.807, 2.05) is 65.5 Å². The molecule has 1 saturated heterocycles. The number of benzene rings is 2. The molecule has 2 aromatic heterocycles. The van der Waals surface area contributed by atoms with Crippen molar-refractivity contribution in [2.24, 2.45) is 0 Å². The highest BCUT2D eigenvalue weighted by atomic mass is 19.1. The molecule has 5 nitrogen and oxygen atoms in total. The summed E-state index contributed by atoms with van der Waals surface area (Å²) in [4.78, 5) is 9.38. The molecule has 0 saturated carbocycles. The van der Waals surface area contributed by atoms with Crippen molar-refractivity contribution >= 4 is 0 Å². The standard InChI is InChI=1S/C26H26FN5/c1-30-13-15-31(16-14-30)19-21-17-29-32(26(21)23-9-5-6-10-24(23)27)22-11-12-25(28-18-22)20-7-3-2-4-8-20/h2-12,17-18H,13-16,19H2,1H3. The number of pyridine rings is 1. The van der Waals surface area contributed by atoms with Crippen molar-refractivity contribution in [3.63, 3.8) is 0 Å². The van der Waals surface area contributed by atoms with Gasteiger partial charge in [0, 0.05) is 49.4 Å². The lowest BCUT2D eigenvalue weighted by Crippen LogP contribution is -2.43. The van der Waals surface area contributed by atoms with E-state index in [0.29, 0.717) is 5.56 Å². The Kier molecular flexibility index (Phi) is 5.79. The summed E-state index contributed by atoms with van der Waals surface area (Å²) < 4.78 is 16.7. The lowest BCUT2D eigenvalue weighted by atomic mass is 10.1. The molecule has 2 aromatic carbocycles. The molecule has 0 unspecified atom stereocenters. The molecule has 0 radical (unpaired) electrons. The van der Waals surface area contributed by atoms with Gasteiger partial charge in [-0.2, -0.15) is 5.10 Å². The fraction of sp³-hybridized carbons (Fsp3) is 0.231. The van der Waals surface area contributed by atoms with Crippen LogP contribution >= 0.6 is 0 Å². The van der Waals surface area contributed by atoms with Crippen LogP contribution in [0.3, 0.4) is 0 Å². The minimum absolute atomic E-state index is 0.247. The second-order valence-electron chi connectivity index (χ2n) is 8.26. The first-order valence-electron chi connectivity index (χ1n) is 10.9. The highest BCUT2D eigenvalue weighted by molar-refractivity contribution is 5.67. The molecule has 32 heavy (non-hydrogen) atoms. The zero-order valence-electron chi connectivity index (χ0n) is 18.2. The average molecular weight is 428 g/mol. The van der Waals surface area contributed by atoms with Crippen molar-refractivity contribution in [2.45, 2.75) is 6.54 Å². The summed E-state index contributed by atoms with van der Waals surface area (Å²) >= 11 is 0. The first-order chi connectivity index (χ1) is 15.7. The van der Waals surface area contributed by atoms with E-state index in [9.17, 15) is 4.39 Å². The third kappa shape index (κ3) is 4.20. The van der Waals surface area contributed by atoms with Crippen LogP contribution in [0.2, 0.25) is 0 Å². The lowest BCUT2D eigenvalue weighted by molar-refractivity contribution is 0.148. The number of aromatic nitrogens is 3. The van der Waals surface area contributed by atoms with Gasteiger partial charge < -0.3 is 4.90 Å². The quantitative estimate of drug-likeness (QED) is 0.470. The Labute approximate surface area is 187 Å². The number of halogens is 1. The van der Waals surface area contributed by atoms with Gasteiger partial charge in [0.15, 0.2) is 0 Å². The second kappa shape index (κ2) is 9.02. The van der Waals surface area contributed by atoms with Crippen molar-refractivity contribution in [3.8, 4) is 28.2 Å². The van der Waals surface area contributed by atoms with Gasteiger partial charge in [-0.05, 0) is 31.3 Å². The van der Waals surface area contributed by atoms with Crippen molar-refractivity contribution in [3.05, 3.63) is 90.5 Å². The molecule has 4 aromatic rings. The maximum absolute atomic E-state index is 14.9. The van der Waals surface area contributed by atoms with Gasteiger partial charge in [0.2, 0.25) is 0 Å². The first-order valence-corrected chi connectivity index (χ1v) is 10.9. The van der Waals surface area contributed by atoms with Gasteiger partial charge in [0.25, 0.3) is 0 Å². The van der Waals surface area contributed by atoms with Crippen LogP contribution in [0.25, 0.3) is 28.2 Å². The molecule has 0 N–H and O–H groups in total. The van der Waals surface area contributed by atoms with Gasteiger partial charge in [-0.25, -0.2) is 9.07 Å². The Morgan fingerprint density at radius 1 is 0.844 bits per heavy atom. The fourth-order valence-corrected chi connectivity index (χ4v) is 4.17. The van der Waals surface area contributed by atoms with Crippen LogP contribution in [0.5, 0.6) is 0 Å². The summed E-state index contributed by atoms with van der Waals surface area (Å²) in [5.74, 6) is -0.247. The predicted octanol–water partition coefficient (Wildman–Crippen LogP) is 4.49. The van der Waals surface area contributed by atoms with E-state index in [2.05, 4.69) is 26.9 Å². The van der Waals surface area contributed by atoms with Crippen LogP contribution in [-0.4, -0.2) is 57.8 Å². The van der Waals surface area contributed by atoms with E-state index in [1.54, 1.807) is 12.3 Å². The van der Waals surface area contributed by atoms with E-state index in [1.165, 1.54) is 6.07 Å². The Balaban J connectivity index is 1.52. The predicted molar refractivity (Wildman–Crippen MR) is 125 cm³/mol. The third-order valence-electron chi connectivity index (χ3n) is 6.03. The molecule has 0 aliphatic carbocycles. The van der Waals surface area contributed by atoms with E-state index < -0.39 is 0 Å². The van der Waals surface area contributed by atoms with Gasteiger partial charge >= 0.3 is 0 Å². The summed E-state index contributed by atoms with van der Waals surface area (Å²) in [7, 11) is 2.15. The van der Waals surface area contributed by atoms with Crippen molar-refractivity contribution in [1.82, 2.24) is 24.6 Å². The number of nitrogens with zero attached hydrogens (tertiary/aromatic N) is 5. The summed E-state index contributed by atoms with van der Waals surface area (Å²) in [6.07, 6.45) is 3.67. The van der Waals surface area contributed by atoms with Crippen LogP contribution in [0.1, 0.15) is 5.56 Å². The molecule has 162 valence electrons. The van der Waals surface area contributed by atoms with Crippen molar-refractivity contribution in [1.29, 1.82) is 0 Å². The number of hydrogen-bond donors (Lipinski definition) is 0. The molecular formula is C26H26FN5. The number of piperazine rings is 1. The Morgan fingerprint density at radius 2 is 1.59 bits per heavy atom. The Bertz CT molecular complexity index is 1180. The third-order valence-corrected chi connectivity index (χ3v) is 6.03. The molecule has 5 rings (SSSR count). The van der Waals surface area contributed by atoms with Crippen LogP contribution in [0, 0.1) is 5.82 Å². The van der Waals surface area contributed by atoms with E-state index >= 15 is 0 Å². The van der Waals surface area contributed by atoms with Crippen LogP contribution in [0.4, 0.5) is 4.39 Å². The monoisotopic (exact) mass is 427 g/mol. The molecule has 1 fully saturated rings. The van der Waals surface area contributed by atoms with Gasteiger partial charge in [-0.1, -0.05) is 42.5 Å². The smallest absolute Gasteiger partial charge is 0.132 e. The molecule has 1 aliphatic heterocycles. The molecule has 6 heteroatoms. The van der Waals surface area contributed by atoms with Gasteiger partial charge in [-0.15, -0.1) is 0 Å². The highest BCUT2D eigenvalue weighted by Gasteiger charge is 2.21. The van der Waals surface area contributed by atoms with Crippen molar-refractivity contribution in [2.75, 3.05) is 33.2 Å². The highest BCUT2D eigenvalue weighted by Crippen LogP contribution is 2.30. The molecule has 0 spiro atoms. The van der Waals surface area contributed by atoms with Crippen LogP contribution < -0.4 is 0 Å². The normalized spacial score (nSPS) is 15.2. The number of likely N-dealkylation sites (N-methyl/N-ethyl adjacent to an activating group) is 1. The van der Waals surface area contributed by atoms with Crippen LogP contribution in [0.15, 0.2) is 79.1 Å². The summed E-state index contributed by atoms with van der Waals surface area (Å²) in [6.45, 7) is 4.80. The van der Waals surface area contributed by atoms with Gasteiger partial charge in [0.1, 0.15) is 5.82 Å². The zero-order chi connectivity index (χ0) is 21.9. The van der Waals surface area contributed by atoms with E-state index in [4.69, 9.17) is 0 Å². The Hall–Kier alpha value is -3.35. The van der Waals surface area contributed by atoms with Crippen molar-refractivity contribution < 1.29 is 4.39 Å². The molecule has 1 aliphatic rings. The first kappa shape index (κ1) is 20.5. The second-order valence-corrected chi connectivity index (χ2v) is 8.26. The van der Waals surface area contributed by atoms with Crippen LogP contribution in [-0.2, 0) is 6.54 Å². The van der Waals surface area contributed by atoms with E-state index in [-0.39, 0.29) is 5.82 Å². The summed E-state index contributed by atoms with van der Waals surface area (Å²) in [5.41, 5.74) is 5.13. The lowest BCUT2D eigenvalue weighted by Gasteiger charge is -2.32. The topological polar surface area (TPSA) is 37.2 Å². The number of rotatable bonds is 5. The minimum atomic E-state index is -0.247. The van der Waals surface area contributed by atoms with Gasteiger partial charge in [0.05, 0.1) is 29.5 Å². The fourth-order valence-electron chi connectivity index (χ4n) is 4.17. The minimum Gasteiger partial charge on any atom is -0.304 e. The van der Waals surface area contributed by atoms with Gasteiger partial charge in [-0.3, -0.25) is 9.88 Å². The SMILES string of the molecule is CN1CCN(Cc2cnn(-c3ccc(-c4ccccc4)nc3)c2-c2ccccc2F)CC1. The summed E-state index contributed by atoms with van der Waals surface area (Å²) in [6, 6.07) is 20.9. The Morgan fingerprint density at radius 3 is 2.31 bits per heavy atom. The molecular weight excluding hydrogens is 401 g/mol. The average Bonchev–Trinajstić information content (AvgIpc) is 3.25. The summed E-state index contributed by atoms with van der Waals surface area (Å²) in [5, 5.41) is 4.66. The largest absolute Gasteiger partial charge is 0.304 e. The molecule has 3 heterocycles. The molecule has 0 bridgehead atoms.